The Hall–Kier alpha value is -2.49. The first-order valence-electron chi connectivity index (χ1n) is 7.21. The number of amidine groups is 1. The van der Waals surface area contributed by atoms with Crippen LogP contribution in [-0.2, 0) is 13.0 Å². The first-order chi connectivity index (χ1) is 10.3. The van der Waals surface area contributed by atoms with Gasteiger partial charge in [0.25, 0.3) is 0 Å². The normalized spacial score (nSPS) is 16.6. The van der Waals surface area contributed by atoms with E-state index >= 15 is 0 Å². The maximum atomic E-state index is 5.81. The van der Waals surface area contributed by atoms with Gasteiger partial charge in [0.2, 0.25) is 0 Å². The van der Waals surface area contributed by atoms with Crippen LogP contribution in [0, 0.1) is 0 Å². The molecule has 2 heterocycles. The summed E-state index contributed by atoms with van der Waals surface area (Å²) in [6, 6.07) is 14.2. The average molecular weight is 279 g/mol. The summed E-state index contributed by atoms with van der Waals surface area (Å²) in [5.74, 6) is 1.78. The van der Waals surface area contributed by atoms with Crippen molar-refractivity contribution in [2.75, 3.05) is 18.9 Å². The molecule has 4 rings (SSSR count). The Labute approximate surface area is 123 Å². The molecule has 0 radical (unpaired) electrons. The van der Waals surface area contributed by atoms with Crippen LogP contribution < -0.4 is 10.5 Å². The molecule has 0 fully saturated rings. The van der Waals surface area contributed by atoms with Crippen molar-refractivity contribution in [2.24, 2.45) is 4.99 Å². The van der Waals surface area contributed by atoms with Gasteiger partial charge < -0.3 is 15.4 Å². The predicted octanol–water partition coefficient (Wildman–Crippen LogP) is 2.75. The molecular weight excluding hydrogens is 262 g/mol. The van der Waals surface area contributed by atoms with Crippen molar-refractivity contribution in [1.29, 1.82) is 0 Å². The van der Waals surface area contributed by atoms with Crippen LogP contribution in [-0.4, -0.2) is 23.9 Å². The number of hydrogen-bond donors (Lipinski definition) is 1. The number of fused-ring (bicyclic) bond motifs is 2. The van der Waals surface area contributed by atoms with E-state index in [0.29, 0.717) is 12.3 Å². The Kier molecular flexibility index (Phi) is 2.81. The van der Waals surface area contributed by atoms with Gasteiger partial charge >= 0.3 is 0 Å². The summed E-state index contributed by atoms with van der Waals surface area (Å²) in [7, 11) is 0. The minimum atomic E-state index is 0.513. The zero-order valence-electron chi connectivity index (χ0n) is 11.7. The summed E-state index contributed by atoms with van der Waals surface area (Å²) in [6.45, 7) is 2.41. The van der Waals surface area contributed by atoms with Gasteiger partial charge in [-0.05, 0) is 29.7 Å². The van der Waals surface area contributed by atoms with Gasteiger partial charge in [-0.15, -0.1) is 0 Å². The zero-order valence-corrected chi connectivity index (χ0v) is 11.7. The van der Waals surface area contributed by atoms with E-state index in [2.05, 4.69) is 29.2 Å². The van der Waals surface area contributed by atoms with E-state index < -0.39 is 0 Å². The first-order valence-corrected chi connectivity index (χ1v) is 7.21. The van der Waals surface area contributed by atoms with Crippen LogP contribution in [0.4, 0.5) is 11.4 Å². The lowest BCUT2D eigenvalue weighted by atomic mass is 10.00. The van der Waals surface area contributed by atoms with Gasteiger partial charge in [0.05, 0.1) is 0 Å². The first kappa shape index (κ1) is 12.3. The molecule has 4 nitrogen and oxygen atoms in total. The number of benzene rings is 2. The van der Waals surface area contributed by atoms with E-state index in [1.807, 2.05) is 18.2 Å². The molecule has 2 aliphatic rings. The largest absolute Gasteiger partial charge is 0.483 e. The molecule has 0 bridgehead atoms. The van der Waals surface area contributed by atoms with Crippen molar-refractivity contribution in [3.05, 3.63) is 53.6 Å². The Morgan fingerprint density at radius 2 is 1.95 bits per heavy atom. The number of nitrogen functional groups attached to an aromatic ring is 1. The Morgan fingerprint density at radius 1 is 1.10 bits per heavy atom. The third-order valence-electron chi connectivity index (χ3n) is 4.09. The summed E-state index contributed by atoms with van der Waals surface area (Å²) >= 11 is 0. The number of ether oxygens (including phenoxy) is 1. The third-order valence-corrected chi connectivity index (χ3v) is 4.09. The van der Waals surface area contributed by atoms with Gasteiger partial charge in [0.15, 0.2) is 0 Å². The highest BCUT2D eigenvalue weighted by Gasteiger charge is 2.22. The number of rotatable bonds is 0. The van der Waals surface area contributed by atoms with Crippen molar-refractivity contribution < 1.29 is 4.74 Å². The highest BCUT2D eigenvalue weighted by molar-refractivity contribution is 5.89. The van der Waals surface area contributed by atoms with Crippen molar-refractivity contribution in [3.8, 4) is 5.75 Å². The minimum Gasteiger partial charge on any atom is -0.483 e. The molecule has 106 valence electrons. The van der Waals surface area contributed by atoms with Gasteiger partial charge in [-0.2, -0.15) is 0 Å². The number of aliphatic imine (C=N–C) groups is 1. The summed E-state index contributed by atoms with van der Waals surface area (Å²) in [6.07, 6.45) is 1.06. The lowest BCUT2D eigenvalue weighted by molar-refractivity contribution is 0.318. The summed E-state index contributed by atoms with van der Waals surface area (Å²) in [5.41, 5.74) is 10.2. The van der Waals surface area contributed by atoms with E-state index in [9.17, 15) is 0 Å². The van der Waals surface area contributed by atoms with E-state index in [1.54, 1.807) is 0 Å². The highest BCUT2D eigenvalue weighted by atomic mass is 16.5. The van der Waals surface area contributed by atoms with Crippen LogP contribution >= 0.6 is 0 Å². The topological polar surface area (TPSA) is 50.9 Å². The Morgan fingerprint density at radius 3 is 2.86 bits per heavy atom. The van der Waals surface area contributed by atoms with Gasteiger partial charge in [-0.1, -0.05) is 24.3 Å². The molecule has 21 heavy (non-hydrogen) atoms. The number of nitrogens with two attached hydrogens (primary N) is 1. The third kappa shape index (κ3) is 2.23. The molecule has 2 aromatic carbocycles. The van der Waals surface area contributed by atoms with Crippen LogP contribution in [0.5, 0.6) is 5.75 Å². The fourth-order valence-corrected chi connectivity index (χ4v) is 2.93. The van der Waals surface area contributed by atoms with Gasteiger partial charge in [0.1, 0.15) is 23.9 Å². The average Bonchev–Trinajstić information content (AvgIpc) is 2.54. The fraction of sp³-hybridized carbons (Fsp3) is 0.235. The van der Waals surface area contributed by atoms with Crippen molar-refractivity contribution in [3.63, 3.8) is 0 Å². The van der Waals surface area contributed by atoms with Gasteiger partial charge in [-0.25, -0.2) is 4.99 Å². The molecular formula is C17H17N3O. The summed E-state index contributed by atoms with van der Waals surface area (Å²) in [5, 5.41) is 0. The second-order valence-electron chi connectivity index (χ2n) is 5.48. The second kappa shape index (κ2) is 4.81. The van der Waals surface area contributed by atoms with E-state index in [-0.39, 0.29) is 0 Å². The molecule has 0 aromatic heterocycles. The Balaban J connectivity index is 1.62. The molecule has 0 saturated carbocycles. The zero-order chi connectivity index (χ0) is 14.2. The molecule has 0 amide bonds. The minimum absolute atomic E-state index is 0.513. The molecule has 0 saturated heterocycles. The molecule has 4 heteroatoms. The van der Waals surface area contributed by atoms with E-state index in [1.165, 1.54) is 11.1 Å². The van der Waals surface area contributed by atoms with Crippen LogP contribution in [0.1, 0.15) is 11.1 Å². The van der Waals surface area contributed by atoms with Crippen LogP contribution in [0.15, 0.2) is 47.5 Å². The molecule has 2 aromatic rings. The molecule has 0 atom stereocenters. The molecule has 0 unspecified atom stereocenters. The van der Waals surface area contributed by atoms with E-state index in [4.69, 9.17) is 15.5 Å². The quantitative estimate of drug-likeness (QED) is 0.754. The van der Waals surface area contributed by atoms with Crippen LogP contribution in [0.3, 0.4) is 0 Å². The van der Waals surface area contributed by atoms with Crippen molar-refractivity contribution in [1.82, 2.24) is 4.90 Å². The van der Waals surface area contributed by atoms with E-state index in [0.717, 1.165) is 36.8 Å². The van der Waals surface area contributed by atoms with Crippen LogP contribution in [0.2, 0.25) is 0 Å². The van der Waals surface area contributed by atoms with Crippen LogP contribution in [0.25, 0.3) is 0 Å². The Bertz CT molecular complexity index is 724. The molecule has 2 N–H and O–H groups in total. The highest BCUT2D eigenvalue weighted by Crippen LogP contribution is 2.33. The summed E-state index contributed by atoms with van der Waals surface area (Å²) < 4.78 is 5.81. The van der Waals surface area contributed by atoms with Crippen molar-refractivity contribution in [2.45, 2.75) is 13.0 Å². The lowest BCUT2D eigenvalue weighted by Crippen LogP contribution is -2.39. The number of hydrogen-bond acceptors (Lipinski definition) is 4. The summed E-state index contributed by atoms with van der Waals surface area (Å²) in [4.78, 5) is 7.05. The maximum absolute atomic E-state index is 5.81. The van der Waals surface area contributed by atoms with Gasteiger partial charge in [0, 0.05) is 24.8 Å². The lowest BCUT2D eigenvalue weighted by Gasteiger charge is -2.33. The SMILES string of the molecule is Nc1ccc2c(c1)OCC(N1CCc3ccccc3C1)=N2. The maximum Gasteiger partial charge on any atom is 0.147 e. The smallest absolute Gasteiger partial charge is 0.147 e. The number of nitrogens with zero attached hydrogens (tertiary/aromatic N) is 2. The predicted molar refractivity (Wildman–Crippen MR) is 84.0 cm³/mol. The standard InChI is InChI=1S/C17H17N3O/c18-14-5-6-15-16(9-14)21-11-17(19-15)20-8-7-12-3-1-2-4-13(12)10-20/h1-6,9H,7-8,10-11,18H2. The monoisotopic (exact) mass is 279 g/mol. The second-order valence-corrected chi connectivity index (χ2v) is 5.48. The van der Waals surface area contributed by atoms with Gasteiger partial charge in [-0.3, -0.25) is 0 Å². The fourth-order valence-electron chi connectivity index (χ4n) is 2.93. The molecule has 0 spiro atoms. The number of anilines is 1. The molecule has 0 aliphatic carbocycles. The van der Waals surface area contributed by atoms with Crippen molar-refractivity contribution >= 4 is 17.2 Å². The molecule has 2 aliphatic heterocycles.